The van der Waals surface area contributed by atoms with Crippen molar-refractivity contribution in [2.45, 2.75) is 12.8 Å². The Balaban J connectivity index is 1.70. The smallest absolute Gasteiger partial charge is 0.189 e. The van der Waals surface area contributed by atoms with Crippen molar-refractivity contribution in [3.05, 3.63) is 60.2 Å². The zero-order valence-corrected chi connectivity index (χ0v) is 14.2. The lowest BCUT2D eigenvalue weighted by atomic mass is 9.97. The van der Waals surface area contributed by atoms with E-state index in [1.54, 1.807) is 0 Å². The monoisotopic (exact) mass is 333 g/mol. The Bertz CT molecular complexity index is 872. The van der Waals surface area contributed by atoms with Crippen LogP contribution in [0.2, 0.25) is 0 Å². The van der Waals surface area contributed by atoms with Crippen molar-refractivity contribution in [2.75, 3.05) is 13.1 Å². The minimum Gasteiger partial charge on any atom is -0.348 e. The van der Waals surface area contributed by atoms with Gasteiger partial charge >= 0.3 is 0 Å². The van der Waals surface area contributed by atoms with E-state index in [2.05, 4.69) is 70.0 Å². The molecule has 4 heteroatoms. The second kappa shape index (κ2) is 6.57. The highest BCUT2D eigenvalue weighted by Gasteiger charge is 2.13. The largest absolute Gasteiger partial charge is 0.348 e. The molecular formula is C20H19N3S. The minimum absolute atomic E-state index is 0.716. The molecule has 0 aliphatic carbocycles. The molecule has 1 N–H and O–H groups in total. The third-order valence-electron chi connectivity index (χ3n) is 4.56. The molecule has 1 fully saturated rings. The highest BCUT2D eigenvalue weighted by Crippen LogP contribution is 2.27. The molecule has 1 heterocycles. The number of benzene rings is 3. The maximum atomic E-state index is 5.42. The lowest BCUT2D eigenvalue weighted by Gasteiger charge is -2.17. The van der Waals surface area contributed by atoms with E-state index in [1.165, 1.54) is 34.4 Å². The van der Waals surface area contributed by atoms with Gasteiger partial charge < -0.3 is 4.90 Å². The molecule has 0 saturated carbocycles. The van der Waals surface area contributed by atoms with Gasteiger partial charge in [0.15, 0.2) is 5.11 Å². The van der Waals surface area contributed by atoms with Crippen molar-refractivity contribution < 1.29 is 0 Å². The molecule has 1 saturated heterocycles. The summed E-state index contributed by atoms with van der Waals surface area (Å²) in [4.78, 5) is 2.17. The number of likely N-dealkylation sites (tertiary alicyclic amines) is 1. The lowest BCUT2D eigenvalue weighted by molar-refractivity contribution is 0.509. The van der Waals surface area contributed by atoms with Crippen molar-refractivity contribution in [1.29, 1.82) is 0 Å². The lowest BCUT2D eigenvalue weighted by Crippen LogP contribution is -2.34. The molecule has 24 heavy (non-hydrogen) atoms. The van der Waals surface area contributed by atoms with Gasteiger partial charge in [-0.25, -0.2) is 0 Å². The molecule has 120 valence electrons. The third kappa shape index (κ3) is 2.85. The first-order chi connectivity index (χ1) is 11.8. The van der Waals surface area contributed by atoms with Crippen LogP contribution in [0.1, 0.15) is 18.4 Å². The van der Waals surface area contributed by atoms with Crippen molar-refractivity contribution in [3.63, 3.8) is 0 Å². The summed E-state index contributed by atoms with van der Waals surface area (Å²) in [6.45, 7) is 2.05. The number of fused-ring (bicyclic) bond motifs is 2. The van der Waals surface area contributed by atoms with Crippen molar-refractivity contribution in [3.8, 4) is 0 Å². The van der Waals surface area contributed by atoms with Gasteiger partial charge in [0.2, 0.25) is 0 Å². The number of nitrogens with zero attached hydrogens (tertiary/aromatic N) is 2. The molecule has 0 spiro atoms. The van der Waals surface area contributed by atoms with Crippen LogP contribution in [-0.2, 0) is 0 Å². The highest BCUT2D eigenvalue weighted by molar-refractivity contribution is 7.80. The summed E-state index contributed by atoms with van der Waals surface area (Å²) >= 11 is 5.42. The van der Waals surface area contributed by atoms with E-state index in [-0.39, 0.29) is 0 Å². The topological polar surface area (TPSA) is 27.6 Å². The number of rotatable bonds is 2. The summed E-state index contributed by atoms with van der Waals surface area (Å²) in [6.07, 6.45) is 4.31. The van der Waals surface area contributed by atoms with Crippen molar-refractivity contribution >= 4 is 45.1 Å². The normalized spacial score (nSPS) is 14.8. The Kier molecular flexibility index (Phi) is 4.13. The molecule has 0 radical (unpaired) electrons. The first kappa shape index (κ1) is 15.1. The molecule has 3 nitrogen and oxygen atoms in total. The van der Waals surface area contributed by atoms with Crippen LogP contribution in [0, 0.1) is 0 Å². The van der Waals surface area contributed by atoms with Crippen LogP contribution in [0.25, 0.3) is 21.5 Å². The van der Waals surface area contributed by atoms with Gasteiger partial charge in [-0.15, -0.1) is 0 Å². The summed E-state index contributed by atoms with van der Waals surface area (Å²) < 4.78 is 0. The number of thiocarbonyl (C=S) groups is 1. The van der Waals surface area contributed by atoms with E-state index in [0.29, 0.717) is 5.11 Å². The maximum absolute atomic E-state index is 5.42. The zero-order chi connectivity index (χ0) is 16.4. The third-order valence-corrected chi connectivity index (χ3v) is 4.91. The van der Waals surface area contributed by atoms with E-state index < -0.39 is 0 Å². The van der Waals surface area contributed by atoms with Gasteiger partial charge in [0.05, 0.1) is 6.21 Å². The quantitative estimate of drug-likeness (QED) is 0.328. The van der Waals surface area contributed by atoms with Gasteiger partial charge in [-0.1, -0.05) is 48.5 Å². The highest BCUT2D eigenvalue weighted by atomic mass is 32.1. The molecule has 0 amide bonds. The Labute approximate surface area is 147 Å². The van der Waals surface area contributed by atoms with Gasteiger partial charge in [-0.2, -0.15) is 5.10 Å². The molecule has 1 aliphatic heterocycles. The summed E-state index contributed by atoms with van der Waals surface area (Å²) in [6, 6.07) is 19.1. The fourth-order valence-electron chi connectivity index (χ4n) is 3.33. The summed E-state index contributed by atoms with van der Waals surface area (Å²) in [5, 5.41) is 9.99. The van der Waals surface area contributed by atoms with E-state index in [4.69, 9.17) is 12.2 Å². The summed E-state index contributed by atoms with van der Waals surface area (Å²) in [7, 11) is 0. The van der Waals surface area contributed by atoms with Crippen LogP contribution in [0.15, 0.2) is 59.7 Å². The SMILES string of the molecule is S=C(NN=Cc1c2ccccc2cc2ccccc12)N1CCCC1. The first-order valence-electron chi connectivity index (χ1n) is 8.31. The van der Waals surface area contributed by atoms with E-state index in [1.807, 2.05) is 6.21 Å². The molecule has 3 aromatic carbocycles. The number of hydrogen-bond acceptors (Lipinski definition) is 2. The Hall–Kier alpha value is -2.46. The van der Waals surface area contributed by atoms with Gasteiger partial charge in [0.1, 0.15) is 0 Å². The molecule has 0 bridgehead atoms. The molecule has 1 aliphatic rings. The fraction of sp³-hybridized carbons (Fsp3) is 0.200. The molecule has 0 atom stereocenters. The Morgan fingerprint density at radius 1 is 0.958 bits per heavy atom. The van der Waals surface area contributed by atoms with Crippen molar-refractivity contribution in [1.82, 2.24) is 10.3 Å². The average Bonchev–Trinajstić information content (AvgIpc) is 3.16. The van der Waals surface area contributed by atoms with E-state index in [9.17, 15) is 0 Å². The standard InChI is InChI=1S/C20H19N3S/c24-20(23-11-5-6-12-23)22-21-14-19-17-9-3-1-7-15(17)13-16-8-2-4-10-18(16)19/h1-4,7-10,13-14H,5-6,11-12H2,(H,22,24). The minimum atomic E-state index is 0.716. The Morgan fingerprint density at radius 2 is 1.54 bits per heavy atom. The maximum Gasteiger partial charge on any atom is 0.189 e. The zero-order valence-electron chi connectivity index (χ0n) is 13.4. The number of hydrogen-bond donors (Lipinski definition) is 1. The predicted octanol–water partition coefficient (Wildman–Crippen LogP) is 4.30. The fourth-order valence-corrected chi connectivity index (χ4v) is 3.57. The van der Waals surface area contributed by atoms with E-state index >= 15 is 0 Å². The van der Waals surface area contributed by atoms with Crippen LogP contribution in [-0.4, -0.2) is 29.3 Å². The Morgan fingerprint density at radius 3 is 2.17 bits per heavy atom. The van der Waals surface area contributed by atoms with Crippen LogP contribution in [0.4, 0.5) is 0 Å². The summed E-state index contributed by atoms with van der Waals surface area (Å²) in [5.74, 6) is 0. The van der Waals surface area contributed by atoms with Crippen LogP contribution < -0.4 is 5.43 Å². The van der Waals surface area contributed by atoms with E-state index in [0.717, 1.165) is 18.7 Å². The molecule has 4 rings (SSSR count). The van der Waals surface area contributed by atoms with Crippen LogP contribution >= 0.6 is 12.2 Å². The summed E-state index contributed by atoms with van der Waals surface area (Å²) in [5.41, 5.74) is 4.15. The van der Waals surface area contributed by atoms with Gasteiger partial charge in [0.25, 0.3) is 0 Å². The van der Waals surface area contributed by atoms with Gasteiger partial charge in [0, 0.05) is 18.7 Å². The second-order valence-electron chi connectivity index (χ2n) is 6.10. The second-order valence-corrected chi connectivity index (χ2v) is 6.49. The number of hydrazone groups is 1. The van der Waals surface area contributed by atoms with Gasteiger partial charge in [-0.05, 0) is 52.7 Å². The number of nitrogens with one attached hydrogen (secondary N) is 1. The predicted molar refractivity (Wildman–Crippen MR) is 106 cm³/mol. The first-order valence-corrected chi connectivity index (χ1v) is 8.72. The van der Waals surface area contributed by atoms with Crippen molar-refractivity contribution in [2.24, 2.45) is 5.10 Å². The molecule has 0 aromatic heterocycles. The average molecular weight is 333 g/mol. The molecule has 3 aromatic rings. The van der Waals surface area contributed by atoms with Crippen LogP contribution in [0.3, 0.4) is 0 Å². The van der Waals surface area contributed by atoms with Crippen LogP contribution in [0.5, 0.6) is 0 Å². The van der Waals surface area contributed by atoms with Gasteiger partial charge in [-0.3, -0.25) is 5.43 Å². The molecular weight excluding hydrogens is 314 g/mol. The molecule has 0 unspecified atom stereocenters.